The van der Waals surface area contributed by atoms with Crippen LogP contribution in [0, 0.1) is 42.9 Å². The van der Waals surface area contributed by atoms with Crippen molar-refractivity contribution in [2.24, 2.45) is 34.8 Å². The van der Waals surface area contributed by atoms with E-state index in [4.69, 9.17) is 0 Å². The summed E-state index contributed by atoms with van der Waals surface area (Å²) in [6.45, 7) is 25.8. The molecule has 0 spiro atoms. The van der Waals surface area contributed by atoms with Gasteiger partial charge in [-0.2, -0.15) is 0 Å². The number of hydrogen-bond acceptors (Lipinski definition) is 5. The quantitative estimate of drug-likeness (QED) is 0.312. The van der Waals surface area contributed by atoms with E-state index in [0.717, 1.165) is 56.8 Å². The summed E-state index contributed by atoms with van der Waals surface area (Å²) in [4.78, 5) is 19.0. The molecule has 2 aliphatic heterocycles. The summed E-state index contributed by atoms with van der Waals surface area (Å²) < 4.78 is 20.7. The fourth-order valence-corrected chi connectivity index (χ4v) is 7.67. The third-order valence-corrected chi connectivity index (χ3v) is 10.7. The number of imidazole rings is 1. The predicted molar refractivity (Wildman–Crippen MR) is 209 cm³/mol. The Morgan fingerprint density at radius 1 is 1.00 bits per heavy atom. The maximum absolute atomic E-state index is 14.5. The van der Waals surface area contributed by atoms with Crippen molar-refractivity contribution >= 4 is 11.8 Å². The van der Waals surface area contributed by atoms with Crippen molar-refractivity contribution in [1.82, 2.24) is 14.5 Å². The number of rotatable bonds is 7. The molecule has 282 valence electrons. The first kappa shape index (κ1) is 43.0. The van der Waals surface area contributed by atoms with E-state index >= 15 is 0 Å². The summed E-state index contributed by atoms with van der Waals surface area (Å²) in [5, 5.41) is 0. The zero-order chi connectivity index (χ0) is 37.3. The number of nitrogens with two attached hydrogens (primary N) is 1. The Balaban J connectivity index is 0.000000487. The average Bonchev–Trinajstić information content (AvgIpc) is 3.75. The van der Waals surface area contributed by atoms with Gasteiger partial charge in [-0.15, -0.1) is 0 Å². The van der Waals surface area contributed by atoms with E-state index in [-0.39, 0.29) is 17.2 Å². The van der Waals surface area contributed by atoms with Crippen LogP contribution in [0.2, 0.25) is 0 Å². The second-order valence-corrected chi connectivity index (χ2v) is 14.5. The van der Waals surface area contributed by atoms with E-state index in [1.54, 1.807) is 6.08 Å². The number of hydrogen-bond donors (Lipinski definition) is 1. The fourth-order valence-electron chi connectivity index (χ4n) is 7.67. The minimum Gasteiger partial charge on any atom is -0.453 e. The van der Waals surface area contributed by atoms with Crippen molar-refractivity contribution in [3.8, 4) is 0 Å². The van der Waals surface area contributed by atoms with Gasteiger partial charge in [0, 0.05) is 55.6 Å². The first-order valence-electron chi connectivity index (χ1n) is 19.4. The highest BCUT2D eigenvalue weighted by atomic mass is 19.1. The van der Waals surface area contributed by atoms with Gasteiger partial charge in [0.2, 0.25) is 0 Å². The fraction of sp³-hybridized carbons (Fsp3) is 0.667. The number of nitrogens with zero attached hydrogens (tertiary/aromatic N) is 4. The van der Waals surface area contributed by atoms with Gasteiger partial charge in [0.05, 0.1) is 7.11 Å². The number of amides is 1. The highest BCUT2D eigenvalue weighted by molar-refractivity contribution is 5.64. The second-order valence-electron chi connectivity index (χ2n) is 14.5. The zero-order valence-electron chi connectivity index (χ0n) is 33.2. The third kappa shape index (κ3) is 13.2. The minimum atomic E-state index is -0.745. The van der Waals surface area contributed by atoms with Crippen LogP contribution in [-0.4, -0.2) is 60.4 Å². The molecule has 3 heterocycles. The van der Waals surface area contributed by atoms with Crippen molar-refractivity contribution < 1.29 is 13.9 Å². The second kappa shape index (κ2) is 21.9. The Hall–Kier alpha value is -3.13. The lowest BCUT2D eigenvalue weighted by Crippen LogP contribution is -2.53. The molecule has 50 heavy (non-hydrogen) atoms. The van der Waals surface area contributed by atoms with Crippen LogP contribution in [-0.2, 0) is 11.3 Å². The molecular weight excluding hydrogens is 625 g/mol. The number of benzene rings is 1. The number of primary amides is 1. The molecule has 2 aliphatic carbocycles. The van der Waals surface area contributed by atoms with Crippen LogP contribution in [0.5, 0.6) is 0 Å². The lowest BCUT2D eigenvalue weighted by molar-refractivity contribution is 0.0824. The van der Waals surface area contributed by atoms with Crippen LogP contribution in [0.15, 0.2) is 60.2 Å². The number of carbonyl (C=O) groups is 1. The Morgan fingerprint density at radius 3 is 2.04 bits per heavy atom. The van der Waals surface area contributed by atoms with Crippen LogP contribution >= 0.6 is 0 Å². The molecule has 2 N–H and O–H groups in total. The summed E-state index contributed by atoms with van der Waals surface area (Å²) in [5.41, 5.74) is 8.33. The number of aromatic nitrogens is 2. The molecule has 0 bridgehead atoms. The number of aryl methyl sites for hydroxylation is 2. The van der Waals surface area contributed by atoms with Gasteiger partial charge in [-0.1, -0.05) is 97.4 Å². The molecular formula is C42H70FN5O2. The molecule has 7 nitrogen and oxygen atoms in total. The molecule has 2 unspecified atom stereocenters. The smallest absolute Gasteiger partial charge is 0.404 e. The third-order valence-electron chi connectivity index (χ3n) is 10.7. The summed E-state index contributed by atoms with van der Waals surface area (Å²) >= 11 is 0. The molecule has 2 aromatic rings. The molecule has 0 radical (unpaired) electrons. The van der Waals surface area contributed by atoms with Crippen molar-refractivity contribution in [3.63, 3.8) is 0 Å². The monoisotopic (exact) mass is 696 g/mol. The zero-order valence-corrected chi connectivity index (χ0v) is 33.2. The molecule has 3 fully saturated rings. The molecule has 1 amide bonds. The number of methoxy groups -OCH3 is 1. The van der Waals surface area contributed by atoms with Crippen molar-refractivity contribution in [1.29, 1.82) is 0 Å². The summed E-state index contributed by atoms with van der Waals surface area (Å²) in [7, 11) is 1.22. The Labute approximate surface area is 304 Å². The topological polar surface area (TPSA) is 76.6 Å². The van der Waals surface area contributed by atoms with Gasteiger partial charge in [-0.05, 0) is 88.2 Å². The van der Waals surface area contributed by atoms with Crippen molar-refractivity contribution in [2.45, 2.75) is 114 Å². The van der Waals surface area contributed by atoms with Crippen LogP contribution in [0.3, 0.4) is 0 Å². The maximum atomic E-state index is 14.5. The number of likely N-dealkylation sites (tertiary alicyclic amines) is 1. The standard InChI is InChI=1S/C30H41FN4.C6H12.C2H5NO2.2C2H6/c1-22-5-7-29(8-6-22)35-19-25(20-35)18-33-12-9-26(10-13-33)30(4,21-34-14-11-32-24(34)3)27-15-23(2)16-28(31)17-27;1-6-4-2-3-5-6;1-5-2(3)4;2*1-2/h5-8,11,14,16-17,23,25-26H,9-10,12-13,15,18-21H2,1-4H3;6H,2-5H2,1H3;1H3,(H2,3,4);2*1-2H3. The highest BCUT2D eigenvalue weighted by Gasteiger charge is 2.41. The highest BCUT2D eigenvalue weighted by Crippen LogP contribution is 2.47. The first-order valence-corrected chi connectivity index (χ1v) is 19.4. The number of carbonyl (C=O) groups excluding carboxylic acids is 1. The van der Waals surface area contributed by atoms with E-state index in [1.807, 2.05) is 40.0 Å². The lowest BCUT2D eigenvalue weighted by atomic mass is 9.64. The number of ether oxygens (including phenoxy) is 1. The van der Waals surface area contributed by atoms with E-state index < -0.39 is 6.09 Å². The molecule has 4 aliphatic rings. The van der Waals surface area contributed by atoms with Crippen LogP contribution in [0.1, 0.15) is 105 Å². The van der Waals surface area contributed by atoms with Gasteiger partial charge < -0.3 is 24.8 Å². The normalized spacial score (nSPS) is 20.8. The Bertz CT molecular complexity index is 1300. The molecule has 1 saturated carbocycles. The number of piperidine rings is 1. The Kier molecular flexibility index (Phi) is 18.9. The van der Waals surface area contributed by atoms with Gasteiger partial charge >= 0.3 is 6.09 Å². The summed E-state index contributed by atoms with van der Waals surface area (Å²) in [6, 6.07) is 8.91. The molecule has 1 aromatic heterocycles. The number of anilines is 1. The maximum Gasteiger partial charge on any atom is 0.404 e. The summed E-state index contributed by atoms with van der Waals surface area (Å²) in [5.74, 6) is 3.59. The summed E-state index contributed by atoms with van der Waals surface area (Å²) in [6.07, 6.45) is 16.1. The van der Waals surface area contributed by atoms with E-state index in [0.29, 0.717) is 5.92 Å². The van der Waals surface area contributed by atoms with Crippen LogP contribution < -0.4 is 10.6 Å². The first-order chi connectivity index (χ1) is 24.0. The Morgan fingerprint density at radius 2 is 1.58 bits per heavy atom. The molecule has 2 atom stereocenters. The predicted octanol–water partition coefficient (Wildman–Crippen LogP) is 10.1. The van der Waals surface area contributed by atoms with Gasteiger partial charge in [0.25, 0.3) is 0 Å². The number of halogens is 1. The van der Waals surface area contributed by atoms with E-state index in [9.17, 15) is 9.18 Å². The molecule has 6 rings (SSSR count). The van der Waals surface area contributed by atoms with Gasteiger partial charge in [0.1, 0.15) is 11.7 Å². The van der Waals surface area contributed by atoms with Gasteiger partial charge in [-0.25, -0.2) is 14.2 Å². The van der Waals surface area contributed by atoms with Gasteiger partial charge in [-0.3, -0.25) is 0 Å². The largest absolute Gasteiger partial charge is 0.453 e. The van der Waals surface area contributed by atoms with Crippen LogP contribution in [0.25, 0.3) is 0 Å². The molecule has 8 heteroatoms. The van der Waals surface area contributed by atoms with E-state index in [1.165, 1.54) is 69.0 Å². The molecule has 2 saturated heterocycles. The van der Waals surface area contributed by atoms with Gasteiger partial charge in [0.15, 0.2) is 0 Å². The van der Waals surface area contributed by atoms with Crippen LogP contribution in [0.4, 0.5) is 14.9 Å². The van der Waals surface area contributed by atoms with Crippen molar-refractivity contribution in [2.75, 3.05) is 44.7 Å². The lowest BCUT2D eigenvalue weighted by Gasteiger charge is -2.48. The minimum absolute atomic E-state index is 0.0594. The SMILES string of the molecule is CC.CC.CC1CCCC1.COC(N)=O.Cc1ccc(N2CC(CN3CCC(C(C)(Cn4ccnc4C)C4=CC(F)=CC(C)C4)CC3)C2)cc1. The number of allylic oxidation sites excluding steroid dienone is 4. The average molecular weight is 696 g/mol. The van der Waals surface area contributed by atoms with E-state index in [2.05, 4.69) is 94.9 Å². The van der Waals surface area contributed by atoms with Crippen molar-refractivity contribution in [3.05, 3.63) is 71.6 Å². The molecule has 1 aromatic carbocycles.